The van der Waals surface area contributed by atoms with Gasteiger partial charge in [0.1, 0.15) is 0 Å². The number of carbonyl (C=O) groups is 1. The molecule has 0 spiro atoms. The molecule has 1 amide bonds. The van der Waals surface area contributed by atoms with Crippen LogP contribution in [0.15, 0.2) is 36.5 Å². The van der Waals surface area contributed by atoms with E-state index >= 15 is 0 Å². The fourth-order valence-corrected chi connectivity index (χ4v) is 3.94. The summed E-state index contributed by atoms with van der Waals surface area (Å²) in [5.74, 6) is 1.22. The minimum Gasteiger partial charge on any atom is -0.358 e. The fraction of sp³-hybridized carbons (Fsp3) is 0.500. The molecule has 0 aliphatic heterocycles. The monoisotopic (exact) mass is 372 g/mol. The van der Waals surface area contributed by atoms with Gasteiger partial charge in [0, 0.05) is 30.7 Å². The Morgan fingerprint density at radius 3 is 2.85 bits per heavy atom. The first-order valence-corrected chi connectivity index (χ1v) is 9.84. The van der Waals surface area contributed by atoms with Crippen molar-refractivity contribution < 1.29 is 4.79 Å². The van der Waals surface area contributed by atoms with E-state index in [-0.39, 0.29) is 5.91 Å². The van der Waals surface area contributed by atoms with Crippen LogP contribution >= 0.6 is 12.2 Å². The van der Waals surface area contributed by atoms with Crippen LogP contribution in [-0.4, -0.2) is 21.6 Å². The number of hydrazine groups is 1. The van der Waals surface area contributed by atoms with Gasteiger partial charge in [0.2, 0.25) is 5.91 Å². The Morgan fingerprint density at radius 1 is 1.19 bits per heavy atom. The standard InChI is InChI=1S/C20H28N4OS/c1-14-6-5-8-17(15(14)2)21-20(26)23-22-19(25)11-13-24-12-10-16-7-3-4-9-18(16)24/h3-4,7,9-10,12,14-15,17H,5-6,8,11,13H2,1-2H3,(H,22,25)(H2,21,23,26)/t14-,15+,17-/m0/s1. The largest absolute Gasteiger partial charge is 0.358 e. The molecule has 1 aliphatic rings. The van der Waals surface area contributed by atoms with E-state index in [1.54, 1.807) is 0 Å². The Balaban J connectivity index is 1.41. The minimum absolute atomic E-state index is 0.0722. The highest BCUT2D eigenvalue weighted by Crippen LogP contribution is 2.29. The molecule has 3 atom stereocenters. The summed E-state index contributed by atoms with van der Waals surface area (Å²) in [6.07, 6.45) is 6.05. The number of carbonyl (C=O) groups excluding carboxylic acids is 1. The summed E-state index contributed by atoms with van der Waals surface area (Å²) in [6, 6.07) is 10.6. The molecule has 1 fully saturated rings. The molecule has 1 saturated carbocycles. The van der Waals surface area contributed by atoms with Gasteiger partial charge >= 0.3 is 0 Å². The van der Waals surface area contributed by atoms with Crippen molar-refractivity contribution in [1.29, 1.82) is 0 Å². The third kappa shape index (κ3) is 4.55. The maximum Gasteiger partial charge on any atom is 0.240 e. The van der Waals surface area contributed by atoms with Crippen molar-refractivity contribution in [3.8, 4) is 0 Å². The highest BCUT2D eigenvalue weighted by atomic mass is 32.1. The molecule has 6 heteroatoms. The number of rotatable bonds is 4. The van der Waals surface area contributed by atoms with Gasteiger partial charge in [-0.3, -0.25) is 15.6 Å². The molecule has 26 heavy (non-hydrogen) atoms. The molecular formula is C20H28N4OS. The Morgan fingerprint density at radius 2 is 2.00 bits per heavy atom. The summed E-state index contributed by atoms with van der Waals surface area (Å²) in [5.41, 5.74) is 6.69. The van der Waals surface area contributed by atoms with Gasteiger partial charge in [0.25, 0.3) is 0 Å². The lowest BCUT2D eigenvalue weighted by Gasteiger charge is -2.35. The molecule has 1 aliphatic carbocycles. The van der Waals surface area contributed by atoms with Gasteiger partial charge in [-0.25, -0.2) is 0 Å². The fourth-order valence-electron chi connectivity index (χ4n) is 3.74. The van der Waals surface area contributed by atoms with E-state index in [9.17, 15) is 4.79 Å². The molecule has 1 aromatic heterocycles. The van der Waals surface area contributed by atoms with E-state index < -0.39 is 0 Å². The summed E-state index contributed by atoms with van der Waals surface area (Å²) < 4.78 is 2.09. The van der Waals surface area contributed by atoms with E-state index in [1.807, 2.05) is 18.3 Å². The van der Waals surface area contributed by atoms with Gasteiger partial charge < -0.3 is 9.88 Å². The number of nitrogens with one attached hydrogen (secondary N) is 3. The maximum absolute atomic E-state index is 12.1. The molecule has 5 nitrogen and oxygen atoms in total. The lowest BCUT2D eigenvalue weighted by molar-refractivity contribution is -0.121. The van der Waals surface area contributed by atoms with E-state index in [2.05, 4.69) is 52.8 Å². The summed E-state index contributed by atoms with van der Waals surface area (Å²) >= 11 is 5.33. The number of thiocarbonyl (C=S) groups is 1. The molecule has 2 aromatic rings. The molecule has 3 rings (SSSR count). The first-order chi connectivity index (χ1) is 12.5. The number of amides is 1. The highest BCUT2D eigenvalue weighted by molar-refractivity contribution is 7.80. The van der Waals surface area contributed by atoms with Crippen molar-refractivity contribution in [2.24, 2.45) is 11.8 Å². The third-order valence-electron chi connectivity index (χ3n) is 5.60. The number of nitrogens with zero attached hydrogens (tertiary/aromatic N) is 1. The molecule has 0 radical (unpaired) electrons. The van der Waals surface area contributed by atoms with Gasteiger partial charge in [0.15, 0.2) is 5.11 Å². The SMILES string of the molecule is C[C@H]1[C@@H](NC(=S)NNC(=O)CCn2ccc3ccccc32)CCC[C@@H]1C. The normalized spacial score (nSPS) is 22.8. The van der Waals surface area contributed by atoms with Crippen molar-refractivity contribution in [1.82, 2.24) is 20.7 Å². The predicted molar refractivity (Wildman–Crippen MR) is 110 cm³/mol. The van der Waals surface area contributed by atoms with E-state index in [4.69, 9.17) is 12.2 Å². The van der Waals surface area contributed by atoms with Gasteiger partial charge in [-0.15, -0.1) is 0 Å². The molecule has 0 unspecified atom stereocenters. The van der Waals surface area contributed by atoms with Gasteiger partial charge in [-0.1, -0.05) is 44.9 Å². The predicted octanol–water partition coefficient (Wildman–Crippen LogP) is 3.35. The van der Waals surface area contributed by atoms with Gasteiger partial charge in [-0.05, 0) is 48.0 Å². The Bertz CT molecular complexity index is 772. The van der Waals surface area contributed by atoms with E-state index in [1.165, 1.54) is 18.2 Å². The Kier molecular flexibility index (Phi) is 6.14. The first-order valence-electron chi connectivity index (χ1n) is 9.44. The summed E-state index contributed by atoms with van der Waals surface area (Å²) in [4.78, 5) is 12.1. The molecule has 0 saturated heterocycles. The molecule has 1 aromatic carbocycles. The minimum atomic E-state index is -0.0722. The first kappa shape index (κ1) is 18.7. The van der Waals surface area contributed by atoms with Crippen LogP contribution in [0.5, 0.6) is 0 Å². The smallest absolute Gasteiger partial charge is 0.240 e. The molecular weight excluding hydrogens is 344 g/mol. The lowest BCUT2D eigenvalue weighted by atomic mass is 9.78. The van der Waals surface area contributed by atoms with Gasteiger partial charge in [0.05, 0.1) is 0 Å². The topological polar surface area (TPSA) is 58.1 Å². The van der Waals surface area contributed by atoms with Crippen LogP contribution in [0, 0.1) is 11.8 Å². The zero-order valence-corrected chi connectivity index (χ0v) is 16.3. The molecule has 0 bridgehead atoms. The van der Waals surface area contributed by atoms with Crippen LogP contribution in [0.25, 0.3) is 10.9 Å². The maximum atomic E-state index is 12.1. The van der Waals surface area contributed by atoms with Crippen LogP contribution in [0.4, 0.5) is 0 Å². The second-order valence-corrected chi connectivity index (χ2v) is 7.75. The summed E-state index contributed by atoms with van der Waals surface area (Å²) in [5, 5.41) is 5.03. The second-order valence-electron chi connectivity index (χ2n) is 7.34. The van der Waals surface area contributed by atoms with Crippen molar-refractivity contribution >= 4 is 34.1 Å². The second kappa shape index (κ2) is 8.54. The zero-order chi connectivity index (χ0) is 18.5. The van der Waals surface area contributed by atoms with Crippen molar-refractivity contribution in [2.75, 3.05) is 0 Å². The van der Waals surface area contributed by atoms with Crippen LogP contribution < -0.4 is 16.2 Å². The van der Waals surface area contributed by atoms with Crippen LogP contribution in [-0.2, 0) is 11.3 Å². The van der Waals surface area contributed by atoms with E-state index in [0.29, 0.717) is 36.0 Å². The molecule has 140 valence electrons. The average molecular weight is 373 g/mol. The summed E-state index contributed by atoms with van der Waals surface area (Å²) in [6.45, 7) is 5.20. The Labute approximate surface area is 160 Å². The number of hydrogen-bond donors (Lipinski definition) is 3. The number of para-hydroxylation sites is 1. The van der Waals surface area contributed by atoms with Crippen LogP contribution in [0.1, 0.15) is 39.5 Å². The summed E-state index contributed by atoms with van der Waals surface area (Å²) in [7, 11) is 0. The quantitative estimate of drug-likeness (QED) is 0.569. The lowest BCUT2D eigenvalue weighted by Crippen LogP contribution is -2.52. The number of aromatic nitrogens is 1. The van der Waals surface area contributed by atoms with Crippen molar-refractivity contribution in [2.45, 2.75) is 52.1 Å². The average Bonchev–Trinajstić information content (AvgIpc) is 3.05. The van der Waals surface area contributed by atoms with Crippen molar-refractivity contribution in [3.63, 3.8) is 0 Å². The number of hydrogen-bond acceptors (Lipinski definition) is 2. The highest BCUT2D eigenvalue weighted by Gasteiger charge is 2.27. The van der Waals surface area contributed by atoms with Gasteiger partial charge in [-0.2, -0.15) is 0 Å². The third-order valence-corrected chi connectivity index (χ3v) is 5.82. The zero-order valence-electron chi connectivity index (χ0n) is 15.5. The number of fused-ring (bicyclic) bond motifs is 1. The molecule has 1 heterocycles. The van der Waals surface area contributed by atoms with Crippen LogP contribution in [0.2, 0.25) is 0 Å². The number of aryl methyl sites for hydroxylation is 1. The van der Waals surface area contributed by atoms with Crippen molar-refractivity contribution in [3.05, 3.63) is 36.5 Å². The van der Waals surface area contributed by atoms with Crippen LogP contribution in [0.3, 0.4) is 0 Å². The number of benzene rings is 1. The Hall–Kier alpha value is -2.08. The van der Waals surface area contributed by atoms with E-state index in [0.717, 1.165) is 11.9 Å². The molecule has 3 N–H and O–H groups in total.